The lowest BCUT2D eigenvalue weighted by atomic mass is 9.99. The SMILES string of the molecule is Cc1nn(-c2cc3cc(C(C)C)cc(C#N)c3s2)cc1C(=O)O. The summed E-state index contributed by atoms with van der Waals surface area (Å²) >= 11 is 1.44. The molecule has 3 rings (SSSR count). The van der Waals surface area contributed by atoms with E-state index in [4.69, 9.17) is 5.11 Å². The van der Waals surface area contributed by atoms with E-state index >= 15 is 0 Å². The first-order chi connectivity index (χ1) is 10.9. The van der Waals surface area contributed by atoms with Crippen molar-refractivity contribution in [2.24, 2.45) is 0 Å². The average Bonchev–Trinajstić information content (AvgIpc) is 3.08. The first kappa shape index (κ1) is 15.3. The van der Waals surface area contributed by atoms with Crippen molar-refractivity contribution in [3.8, 4) is 11.1 Å². The summed E-state index contributed by atoms with van der Waals surface area (Å²) in [5, 5.41) is 24.6. The van der Waals surface area contributed by atoms with Crippen LogP contribution in [0, 0.1) is 18.3 Å². The minimum atomic E-state index is -0.991. The molecule has 0 aliphatic heterocycles. The maximum Gasteiger partial charge on any atom is 0.339 e. The number of benzene rings is 1. The van der Waals surface area contributed by atoms with E-state index in [0.29, 0.717) is 17.2 Å². The van der Waals surface area contributed by atoms with Crippen LogP contribution >= 0.6 is 11.3 Å². The van der Waals surface area contributed by atoms with E-state index in [0.717, 1.165) is 20.7 Å². The van der Waals surface area contributed by atoms with Crippen LogP contribution < -0.4 is 0 Å². The van der Waals surface area contributed by atoms with Crippen LogP contribution in [0.1, 0.15) is 46.9 Å². The number of carboxylic acid groups (broad SMARTS) is 1. The van der Waals surface area contributed by atoms with Gasteiger partial charge in [-0.05, 0) is 42.0 Å². The Balaban J connectivity index is 2.19. The van der Waals surface area contributed by atoms with Gasteiger partial charge in [0.25, 0.3) is 0 Å². The second-order valence-electron chi connectivity index (χ2n) is 5.72. The van der Waals surface area contributed by atoms with E-state index in [9.17, 15) is 10.1 Å². The lowest BCUT2D eigenvalue weighted by Gasteiger charge is -2.05. The topological polar surface area (TPSA) is 78.9 Å². The fourth-order valence-electron chi connectivity index (χ4n) is 2.47. The third-order valence-electron chi connectivity index (χ3n) is 3.77. The van der Waals surface area contributed by atoms with Crippen LogP contribution in [0.3, 0.4) is 0 Å². The molecule has 2 heterocycles. The van der Waals surface area contributed by atoms with Gasteiger partial charge in [0.15, 0.2) is 0 Å². The monoisotopic (exact) mass is 325 g/mol. The van der Waals surface area contributed by atoms with Crippen molar-refractivity contribution >= 4 is 27.4 Å². The van der Waals surface area contributed by atoms with Crippen LogP contribution in [-0.4, -0.2) is 20.9 Å². The molecule has 0 aliphatic carbocycles. The van der Waals surface area contributed by atoms with Crippen molar-refractivity contribution in [3.05, 3.63) is 46.8 Å². The van der Waals surface area contributed by atoms with Gasteiger partial charge in [-0.1, -0.05) is 13.8 Å². The maximum absolute atomic E-state index is 11.2. The summed E-state index contributed by atoms with van der Waals surface area (Å²) in [4.78, 5) is 11.2. The molecule has 0 fully saturated rings. The number of hydrogen-bond acceptors (Lipinski definition) is 4. The number of hydrogen-bond donors (Lipinski definition) is 1. The fraction of sp³-hybridized carbons (Fsp3) is 0.235. The van der Waals surface area contributed by atoms with Crippen molar-refractivity contribution < 1.29 is 9.90 Å². The lowest BCUT2D eigenvalue weighted by Crippen LogP contribution is -1.95. The number of nitriles is 1. The number of aromatic nitrogens is 2. The molecule has 3 aromatic rings. The zero-order valence-electron chi connectivity index (χ0n) is 13.0. The Labute approximate surface area is 137 Å². The van der Waals surface area contributed by atoms with Gasteiger partial charge < -0.3 is 5.11 Å². The molecular formula is C17H15N3O2S. The normalized spacial score (nSPS) is 11.1. The summed E-state index contributed by atoms with van der Waals surface area (Å²) in [6.45, 7) is 5.85. The molecule has 5 nitrogen and oxygen atoms in total. The van der Waals surface area contributed by atoms with Crippen LogP contribution in [-0.2, 0) is 0 Å². The van der Waals surface area contributed by atoms with Crippen LogP contribution in [0.2, 0.25) is 0 Å². The van der Waals surface area contributed by atoms with Crippen LogP contribution in [0.4, 0.5) is 0 Å². The minimum absolute atomic E-state index is 0.186. The molecule has 0 aliphatic rings. The number of rotatable bonds is 3. The summed E-state index contributed by atoms with van der Waals surface area (Å²) in [6, 6.07) is 8.20. The predicted octanol–water partition coefficient (Wildman–Crippen LogP) is 4.09. The summed E-state index contributed by atoms with van der Waals surface area (Å²) in [7, 11) is 0. The summed E-state index contributed by atoms with van der Waals surface area (Å²) < 4.78 is 2.47. The van der Waals surface area contributed by atoms with Crippen LogP contribution in [0.25, 0.3) is 15.1 Å². The Morgan fingerprint density at radius 2 is 2.13 bits per heavy atom. The number of aryl methyl sites for hydroxylation is 1. The maximum atomic E-state index is 11.2. The summed E-state index contributed by atoms with van der Waals surface area (Å²) in [5.74, 6) is -0.657. The zero-order valence-corrected chi connectivity index (χ0v) is 13.8. The Morgan fingerprint density at radius 3 is 2.70 bits per heavy atom. The molecule has 1 aromatic carbocycles. The Hall–Kier alpha value is -2.65. The molecule has 0 atom stereocenters. The van der Waals surface area contributed by atoms with Gasteiger partial charge in [0, 0.05) is 6.20 Å². The molecule has 23 heavy (non-hydrogen) atoms. The van der Waals surface area contributed by atoms with E-state index in [1.54, 1.807) is 11.6 Å². The first-order valence-electron chi connectivity index (χ1n) is 7.18. The molecule has 2 aromatic heterocycles. The minimum Gasteiger partial charge on any atom is -0.478 e. The summed E-state index contributed by atoms with van der Waals surface area (Å²) in [5.41, 5.74) is 2.41. The standard InChI is InChI=1S/C17H15N3O2S/c1-9(2)11-4-12-6-15(23-16(12)13(5-11)7-18)20-8-14(17(21)22)10(3)19-20/h4-6,8-9H,1-3H3,(H,21,22). The Kier molecular flexibility index (Phi) is 3.66. The molecular weight excluding hydrogens is 310 g/mol. The molecule has 1 N–H and O–H groups in total. The number of thiophene rings is 1. The molecule has 0 bridgehead atoms. The molecule has 0 radical (unpaired) electrons. The van der Waals surface area contributed by atoms with Gasteiger partial charge in [0.1, 0.15) is 16.6 Å². The highest BCUT2D eigenvalue weighted by molar-refractivity contribution is 7.21. The smallest absolute Gasteiger partial charge is 0.339 e. The number of nitrogens with zero attached hydrogens (tertiary/aromatic N) is 3. The lowest BCUT2D eigenvalue weighted by molar-refractivity contribution is 0.0696. The molecule has 0 spiro atoms. The largest absolute Gasteiger partial charge is 0.478 e. The van der Waals surface area contributed by atoms with E-state index < -0.39 is 5.97 Å². The highest BCUT2D eigenvalue weighted by Crippen LogP contribution is 2.34. The van der Waals surface area contributed by atoms with Crippen molar-refractivity contribution in [1.82, 2.24) is 9.78 Å². The molecule has 0 saturated heterocycles. The molecule has 0 unspecified atom stereocenters. The van der Waals surface area contributed by atoms with Gasteiger partial charge in [-0.15, -0.1) is 11.3 Å². The number of carboxylic acids is 1. The molecule has 0 saturated carbocycles. The highest BCUT2D eigenvalue weighted by Gasteiger charge is 2.16. The number of carbonyl (C=O) groups is 1. The number of aromatic carboxylic acids is 1. The van der Waals surface area contributed by atoms with Gasteiger partial charge in [-0.2, -0.15) is 10.4 Å². The van der Waals surface area contributed by atoms with Gasteiger partial charge >= 0.3 is 5.97 Å². The van der Waals surface area contributed by atoms with E-state index in [2.05, 4.69) is 31.1 Å². The van der Waals surface area contributed by atoms with Gasteiger partial charge in [-0.25, -0.2) is 9.48 Å². The average molecular weight is 325 g/mol. The van der Waals surface area contributed by atoms with E-state index in [1.165, 1.54) is 17.5 Å². The van der Waals surface area contributed by atoms with Gasteiger partial charge in [-0.3, -0.25) is 0 Å². The van der Waals surface area contributed by atoms with Crippen molar-refractivity contribution in [2.45, 2.75) is 26.7 Å². The fourth-order valence-corrected chi connectivity index (χ4v) is 3.51. The van der Waals surface area contributed by atoms with E-state index in [1.807, 2.05) is 12.1 Å². The molecule has 116 valence electrons. The second kappa shape index (κ2) is 5.52. The third-order valence-corrected chi connectivity index (χ3v) is 4.94. The van der Waals surface area contributed by atoms with E-state index in [-0.39, 0.29) is 5.56 Å². The number of fused-ring (bicyclic) bond motifs is 1. The zero-order chi connectivity index (χ0) is 16.7. The third kappa shape index (κ3) is 2.60. The van der Waals surface area contributed by atoms with Crippen LogP contribution in [0.15, 0.2) is 24.4 Å². The Morgan fingerprint density at radius 1 is 1.39 bits per heavy atom. The van der Waals surface area contributed by atoms with Crippen molar-refractivity contribution in [3.63, 3.8) is 0 Å². The first-order valence-corrected chi connectivity index (χ1v) is 8.00. The van der Waals surface area contributed by atoms with Crippen molar-refractivity contribution in [2.75, 3.05) is 0 Å². The Bertz CT molecular complexity index is 960. The van der Waals surface area contributed by atoms with Crippen LogP contribution in [0.5, 0.6) is 0 Å². The van der Waals surface area contributed by atoms with Crippen molar-refractivity contribution in [1.29, 1.82) is 5.26 Å². The van der Waals surface area contributed by atoms with Gasteiger partial charge in [0.05, 0.1) is 16.0 Å². The summed E-state index contributed by atoms with van der Waals surface area (Å²) in [6.07, 6.45) is 1.51. The second-order valence-corrected chi connectivity index (χ2v) is 6.75. The quantitative estimate of drug-likeness (QED) is 0.786. The van der Waals surface area contributed by atoms with Gasteiger partial charge in [0.2, 0.25) is 0 Å². The molecule has 0 amide bonds. The molecule has 6 heteroatoms. The highest BCUT2D eigenvalue weighted by atomic mass is 32.1. The predicted molar refractivity (Wildman–Crippen MR) is 89.4 cm³/mol.